The van der Waals surface area contributed by atoms with Crippen molar-refractivity contribution in [1.29, 1.82) is 0 Å². The Morgan fingerprint density at radius 2 is 1.86 bits per heavy atom. The first-order valence-electron chi connectivity index (χ1n) is 12.2. The zero-order valence-electron chi connectivity index (χ0n) is 22.4. The van der Waals surface area contributed by atoms with Crippen LogP contribution in [0.4, 0.5) is 10.2 Å². The van der Waals surface area contributed by atoms with Gasteiger partial charge < -0.3 is 9.64 Å². The number of rotatable bonds is 2. The van der Waals surface area contributed by atoms with E-state index in [1.54, 1.807) is 43.0 Å². The van der Waals surface area contributed by atoms with Crippen molar-refractivity contribution in [2.45, 2.75) is 40.2 Å². The lowest BCUT2D eigenvalue weighted by Crippen LogP contribution is -2.48. The first kappa shape index (κ1) is 28.3. The summed E-state index contributed by atoms with van der Waals surface area (Å²) in [6.07, 6.45) is 3.64. The fraction of sp³-hybridized carbons (Fsp3) is 0.407. The average molecular weight is 529 g/mol. The van der Waals surface area contributed by atoms with E-state index in [1.165, 1.54) is 10.6 Å². The third-order valence-electron chi connectivity index (χ3n) is 5.85. The zero-order chi connectivity index (χ0) is 27.3. The molecule has 0 spiro atoms. The summed E-state index contributed by atoms with van der Waals surface area (Å²) in [5.41, 5.74) is 0.421. The van der Waals surface area contributed by atoms with Gasteiger partial charge in [0.2, 0.25) is 0 Å². The van der Waals surface area contributed by atoms with Crippen molar-refractivity contribution in [2.24, 2.45) is 14.1 Å². The lowest BCUT2D eigenvalue weighted by atomic mass is 10.1. The predicted octanol–water partition coefficient (Wildman–Crippen LogP) is 5.16. The van der Waals surface area contributed by atoms with Gasteiger partial charge in [-0.25, -0.2) is 14.4 Å². The van der Waals surface area contributed by atoms with E-state index in [-0.39, 0.29) is 16.7 Å². The van der Waals surface area contributed by atoms with E-state index < -0.39 is 5.82 Å². The molecule has 37 heavy (non-hydrogen) atoms. The van der Waals surface area contributed by atoms with Crippen LogP contribution in [0.2, 0.25) is 5.02 Å². The van der Waals surface area contributed by atoms with E-state index in [1.807, 2.05) is 47.0 Å². The third kappa shape index (κ3) is 6.53. The van der Waals surface area contributed by atoms with Crippen LogP contribution in [-0.2, 0) is 18.8 Å². The van der Waals surface area contributed by atoms with Gasteiger partial charge >= 0.3 is 0 Å². The number of halogens is 2. The van der Waals surface area contributed by atoms with Gasteiger partial charge in [-0.05, 0) is 51.1 Å². The van der Waals surface area contributed by atoms with E-state index in [2.05, 4.69) is 15.0 Å². The number of fused-ring (bicyclic) bond motifs is 1. The Bertz CT molecular complexity index is 1420. The van der Waals surface area contributed by atoms with E-state index >= 15 is 0 Å². The highest BCUT2D eigenvalue weighted by molar-refractivity contribution is 6.30. The van der Waals surface area contributed by atoms with Crippen LogP contribution in [-0.4, -0.2) is 49.6 Å². The summed E-state index contributed by atoms with van der Waals surface area (Å²) in [4.78, 5) is 24.3. The van der Waals surface area contributed by atoms with Gasteiger partial charge in [0.25, 0.3) is 5.56 Å². The lowest BCUT2D eigenvalue weighted by Gasteiger charge is -2.39. The Balaban J connectivity index is 0.000000412. The minimum Gasteiger partial charge on any atom is -0.372 e. The van der Waals surface area contributed by atoms with E-state index in [0.29, 0.717) is 53.0 Å². The van der Waals surface area contributed by atoms with E-state index in [0.717, 1.165) is 0 Å². The first-order chi connectivity index (χ1) is 17.6. The Morgan fingerprint density at radius 3 is 2.43 bits per heavy atom. The van der Waals surface area contributed by atoms with Gasteiger partial charge in [0.1, 0.15) is 28.7 Å². The molecule has 1 saturated heterocycles. The molecule has 3 aromatic heterocycles. The Hall–Kier alpha value is -3.30. The molecule has 4 heterocycles. The third-order valence-corrected chi connectivity index (χ3v) is 6.08. The van der Waals surface area contributed by atoms with Gasteiger partial charge in [0, 0.05) is 50.2 Å². The standard InChI is InChI=1S/C21H22ClFN4O2.C4H6N2.C2H6/c1-12-24-19-15(20(28)26(12)4)10-17(27-7-8-29-21(2,3)11-27)25-18(19)14-6-5-13(22)9-16(14)23;1-6-4-2-3-5-6;1-2/h5-6,9-10H,7-8,11H2,1-4H3;2-4H,1H3;1-2H3. The molecule has 198 valence electrons. The van der Waals surface area contributed by atoms with Gasteiger partial charge in [-0.2, -0.15) is 5.10 Å². The molecule has 0 amide bonds. The number of anilines is 1. The molecule has 0 unspecified atom stereocenters. The molecule has 0 radical (unpaired) electrons. The highest BCUT2D eigenvalue weighted by atomic mass is 35.5. The predicted molar refractivity (Wildman–Crippen MR) is 147 cm³/mol. The summed E-state index contributed by atoms with van der Waals surface area (Å²) in [6.45, 7) is 11.5. The number of morpholine rings is 1. The molecule has 10 heteroatoms. The van der Waals surface area contributed by atoms with Crippen molar-refractivity contribution in [3.05, 3.63) is 69.7 Å². The number of hydrogen-bond donors (Lipinski definition) is 0. The van der Waals surface area contributed by atoms with Gasteiger partial charge in [0.05, 0.1) is 17.6 Å². The van der Waals surface area contributed by atoms with E-state index in [4.69, 9.17) is 21.3 Å². The molecule has 1 aromatic carbocycles. The van der Waals surface area contributed by atoms with Crippen LogP contribution < -0.4 is 10.5 Å². The molecular formula is C27H34ClFN6O2. The van der Waals surface area contributed by atoms with Crippen molar-refractivity contribution in [3.8, 4) is 11.3 Å². The van der Waals surface area contributed by atoms with Crippen molar-refractivity contribution >= 4 is 28.3 Å². The summed E-state index contributed by atoms with van der Waals surface area (Å²) in [5.74, 6) is 0.618. The molecule has 8 nitrogen and oxygen atoms in total. The Labute approximate surface area is 221 Å². The highest BCUT2D eigenvalue weighted by Gasteiger charge is 2.29. The minimum atomic E-state index is -0.508. The Morgan fingerprint density at radius 1 is 1.14 bits per heavy atom. The second-order valence-corrected chi connectivity index (χ2v) is 9.52. The second-order valence-electron chi connectivity index (χ2n) is 9.08. The molecule has 0 atom stereocenters. The maximum atomic E-state index is 14.8. The van der Waals surface area contributed by atoms with Gasteiger partial charge in [-0.15, -0.1) is 0 Å². The topological polar surface area (TPSA) is 78.1 Å². The normalized spacial score (nSPS) is 14.5. The number of hydrogen-bond acceptors (Lipinski definition) is 6. The quantitative estimate of drug-likeness (QED) is 0.358. The number of benzene rings is 1. The highest BCUT2D eigenvalue weighted by Crippen LogP contribution is 2.32. The monoisotopic (exact) mass is 528 g/mol. The maximum Gasteiger partial charge on any atom is 0.261 e. The molecule has 5 rings (SSSR count). The van der Waals surface area contributed by atoms with Crippen molar-refractivity contribution in [3.63, 3.8) is 0 Å². The zero-order valence-corrected chi connectivity index (χ0v) is 23.2. The smallest absolute Gasteiger partial charge is 0.261 e. The van der Waals surface area contributed by atoms with Crippen molar-refractivity contribution in [2.75, 3.05) is 24.6 Å². The molecule has 1 aliphatic heterocycles. The van der Waals surface area contributed by atoms with Crippen LogP contribution in [0, 0.1) is 12.7 Å². The van der Waals surface area contributed by atoms with Crippen molar-refractivity contribution < 1.29 is 9.13 Å². The van der Waals surface area contributed by atoms with Crippen LogP contribution >= 0.6 is 11.6 Å². The van der Waals surface area contributed by atoms with Crippen LogP contribution in [0.25, 0.3) is 22.2 Å². The summed E-state index contributed by atoms with van der Waals surface area (Å²) in [7, 11) is 3.56. The maximum absolute atomic E-state index is 14.8. The minimum absolute atomic E-state index is 0.195. The van der Waals surface area contributed by atoms with Gasteiger partial charge in [-0.3, -0.25) is 14.0 Å². The number of aromatic nitrogens is 5. The molecule has 1 fully saturated rings. The molecule has 0 N–H and O–H groups in total. The van der Waals surface area contributed by atoms with Gasteiger partial charge in [0.15, 0.2) is 0 Å². The largest absolute Gasteiger partial charge is 0.372 e. The number of pyridine rings is 1. The first-order valence-corrected chi connectivity index (χ1v) is 12.6. The van der Waals surface area contributed by atoms with Crippen LogP contribution in [0.3, 0.4) is 0 Å². The summed E-state index contributed by atoms with van der Waals surface area (Å²) < 4.78 is 23.8. The van der Waals surface area contributed by atoms with Crippen LogP contribution in [0.5, 0.6) is 0 Å². The summed E-state index contributed by atoms with van der Waals surface area (Å²) >= 11 is 5.93. The van der Waals surface area contributed by atoms with Gasteiger partial charge in [-0.1, -0.05) is 25.4 Å². The molecule has 1 aliphatic rings. The molecule has 4 aromatic rings. The molecule has 0 bridgehead atoms. The average Bonchev–Trinajstić information content (AvgIpc) is 3.34. The molecular weight excluding hydrogens is 495 g/mol. The Kier molecular flexibility index (Phi) is 9.04. The second kappa shape index (κ2) is 11.8. The molecule has 0 saturated carbocycles. The SMILES string of the molecule is CC.Cc1nc2c(-c3ccc(Cl)cc3F)nc(N3CCOC(C)(C)C3)cc2c(=O)n1C.Cn1cccn1. The summed E-state index contributed by atoms with van der Waals surface area (Å²) in [6, 6.07) is 8.04. The summed E-state index contributed by atoms with van der Waals surface area (Å²) in [5, 5.41) is 4.53. The van der Waals surface area contributed by atoms with Crippen LogP contribution in [0.1, 0.15) is 33.5 Å². The fourth-order valence-electron chi connectivity index (χ4n) is 3.95. The van der Waals surface area contributed by atoms with Crippen molar-refractivity contribution in [1.82, 2.24) is 24.3 Å². The van der Waals surface area contributed by atoms with Crippen LogP contribution in [0.15, 0.2) is 47.5 Å². The molecule has 0 aliphatic carbocycles. The van der Waals surface area contributed by atoms with E-state index in [9.17, 15) is 9.18 Å². The number of aryl methyl sites for hydroxylation is 2. The fourth-order valence-corrected chi connectivity index (χ4v) is 4.11. The number of nitrogens with zero attached hydrogens (tertiary/aromatic N) is 6. The lowest BCUT2D eigenvalue weighted by molar-refractivity contribution is -0.0279. The number of ether oxygens (including phenoxy) is 1.